The van der Waals surface area contributed by atoms with Crippen molar-refractivity contribution in [1.29, 1.82) is 0 Å². The van der Waals surface area contributed by atoms with E-state index >= 15 is 0 Å². The summed E-state index contributed by atoms with van der Waals surface area (Å²) in [6.07, 6.45) is 2.30. The van der Waals surface area contributed by atoms with E-state index in [1.54, 1.807) is 19.2 Å². The predicted molar refractivity (Wildman–Crippen MR) is 91.3 cm³/mol. The molecule has 1 saturated heterocycles. The van der Waals surface area contributed by atoms with Crippen molar-refractivity contribution in [3.8, 4) is 0 Å². The smallest absolute Gasteiger partial charge is 0.193 e. The summed E-state index contributed by atoms with van der Waals surface area (Å²) in [5.74, 6) is 1.37. The van der Waals surface area contributed by atoms with Gasteiger partial charge >= 0.3 is 0 Å². The lowest BCUT2D eigenvalue weighted by Crippen LogP contribution is -2.41. The molecule has 0 aromatic heterocycles. The van der Waals surface area contributed by atoms with E-state index in [0.717, 1.165) is 37.7 Å². The number of hydrogen-bond donors (Lipinski definition) is 1. The molecule has 2 rings (SSSR count). The van der Waals surface area contributed by atoms with Gasteiger partial charge in [-0.1, -0.05) is 12.1 Å². The van der Waals surface area contributed by atoms with Crippen LogP contribution in [0.1, 0.15) is 12.0 Å². The van der Waals surface area contributed by atoms with Gasteiger partial charge in [0.1, 0.15) is 0 Å². The number of benzene rings is 1. The third-order valence-electron chi connectivity index (χ3n) is 3.93. The number of nitrogens with zero attached hydrogens (tertiary/aromatic N) is 2. The van der Waals surface area contributed by atoms with Crippen LogP contribution < -0.4 is 5.32 Å². The molecule has 7 heteroatoms. The van der Waals surface area contributed by atoms with Gasteiger partial charge in [-0.15, -0.1) is 0 Å². The summed E-state index contributed by atoms with van der Waals surface area (Å²) in [5, 5.41) is 3.30. The van der Waals surface area contributed by atoms with Crippen LogP contribution >= 0.6 is 0 Å². The van der Waals surface area contributed by atoms with Crippen LogP contribution in [0.3, 0.4) is 0 Å². The number of ether oxygens (including phenoxy) is 1. The van der Waals surface area contributed by atoms with E-state index in [2.05, 4.69) is 15.2 Å². The Morgan fingerprint density at radius 3 is 2.61 bits per heavy atom. The fourth-order valence-corrected chi connectivity index (χ4v) is 3.25. The summed E-state index contributed by atoms with van der Waals surface area (Å²) in [7, 11) is 0.628. The zero-order chi connectivity index (χ0) is 16.9. The maximum absolute atomic E-state index is 11.5. The van der Waals surface area contributed by atoms with Gasteiger partial charge < -0.3 is 15.0 Å². The number of sulfone groups is 1. The molecule has 1 aliphatic heterocycles. The Labute approximate surface area is 138 Å². The molecule has 23 heavy (non-hydrogen) atoms. The van der Waals surface area contributed by atoms with Crippen molar-refractivity contribution in [2.45, 2.75) is 17.9 Å². The molecule has 1 aliphatic rings. The van der Waals surface area contributed by atoms with Crippen molar-refractivity contribution in [1.82, 2.24) is 10.2 Å². The van der Waals surface area contributed by atoms with Crippen LogP contribution in [0.2, 0.25) is 0 Å². The molecule has 1 fully saturated rings. The molecule has 1 aromatic carbocycles. The summed E-state index contributed by atoms with van der Waals surface area (Å²) in [6.45, 7) is 3.17. The lowest BCUT2D eigenvalue weighted by molar-refractivity contribution is 0.181. The first kappa shape index (κ1) is 17.7. The Bertz CT molecular complexity index is 635. The largest absolute Gasteiger partial charge is 0.381 e. The third-order valence-corrected chi connectivity index (χ3v) is 5.06. The Hall–Kier alpha value is -1.60. The Kier molecular flexibility index (Phi) is 6.01. The molecule has 0 radical (unpaired) electrons. The van der Waals surface area contributed by atoms with E-state index in [1.807, 2.05) is 19.2 Å². The first-order chi connectivity index (χ1) is 10.9. The van der Waals surface area contributed by atoms with Crippen LogP contribution in [0.4, 0.5) is 0 Å². The van der Waals surface area contributed by atoms with Gasteiger partial charge in [0.05, 0.1) is 11.5 Å². The van der Waals surface area contributed by atoms with Crippen LogP contribution in [0.15, 0.2) is 34.2 Å². The van der Waals surface area contributed by atoms with Gasteiger partial charge in [0.2, 0.25) is 0 Å². The Morgan fingerprint density at radius 2 is 2.09 bits per heavy atom. The molecule has 0 amide bonds. The van der Waals surface area contributed by atoms with Crippen LogP contribution in [0, 0.1) is 5.92 Å². The molecule has 0 bridgehead atoms. The van der Waals surface area contributed by atoms with Crippen LogP contribution in [-0.2, 0) is 21.1 Å². The minimum Gasteiger partial charge on any atom is -0.381 e. The summed E-state index contributed by atoms with van der Waals surface area (Å²) in [5.41, 5.74) is 1.01. The second-order valence-corrected chi connectivity index (χ2v) is 7.94. The zero-order valence-electron chi connectivity index (χ0n) is 13.9. The molecule has 1 unspecified atom stereocenters. The van der Waals surface area contributed by atoms with Gasteiger partial charge in [0, 0.05) is 46.0 Å². The minimum atomic E-state index is -3.15. The molecule has 1 heterocycles. The van der Waals surface area contributed by atoms with Crippen molar-refractivity contribution in [2.75, 3.05) is 40.1 Å². The number of guanidine groups is 1. The number of hydrogen-bond acceptors (Lipinski definition) is 4. The van der Waals surface area contributed by atoms with Crippen LogP contribution in [-0.4, -0.2) is 59.4 Å². The lowest BCUT2D eigenvalue weighted by Gasteiger charge is -2.24. The highest BCUT2D eigenvalue weighted by Gasteiger charge is 2.19. The second kappa shape index (κ2) is 7.79. The van der Waals surface area contributed by atoms with Crippen molar-refractivity contribution in [3.63, 3.8) is 0 Å². The van der Waals surface area contributed by atoms with Crippen molar-refractivity contribution in [2.24, 2.45) is 10.9 Å². The number of rotatable bonds is 5. The first-order valence-electron chi connectivity index (χ1n) is 7.68. The average molecular weight is 339 g/mol. The van der Waals surface area contributed by atoms with E-state index in [1.165, 1.54) is 6.26 Å². The monoisotopic (exact) mass is 339 g/mol. The standard InChI is InChI=1S/C16H25N3O3S/c1-17-16(19(2)11-14-8-9-22-12-14)18-10-13-4-6-15(7-5-13)23(3,20)21/h4-7,14H,8-12H2,1-3H3,(H,17,18). The van der Waals surface area contributed by atoms with Gasteiger partial charge in [-0.05, 0) is 24.1 Å². The predicted octanol–water partition coefficient (Wildman–Crippen LogP) is 1.13. The molecule has 1 atom stereocenters. The highest BCUT2D eigenvalue weighted by molar-refractivity contribution is 7.90. The summed E-state index contributed by atoms with van der Waals surface area (Å²) in [6, 6.07) is 6.91. The third kappa shape index (κ3) is 5.21. The topological polar surface area (TPSA) is 71.0 Å². The molecule has 6 nitrogen and oxygen atoms in total. The van der Waals surface area contributed by atoms with Crippen molar-refractivity contribution < 1.29 is 13.2 Å². The maximum Gasteiger partial charge on any atom is 0.193 e. The summed E-state index contributed by atoms with van der Waals surface area (Å²) < 4.78 is 28.3. The second-order valence-electron chi connectivity index (χ2n) is 5.93. The van der Waals surface area contributed by atoms with Gasteiger partial charge in [0.15, 0.2) is 15.8 Å². The molecular formula is C16H25N3O3S. The van der Waals surface area contributed by atoms with E-state index in [4.69, 9.17) is 4.74 Å². The van der Waals surface area contributed by atoms with E-state index in [9.17, 15) is 8.42 Å². The lowest BCUT2D eigenvalue weighted by atomic mass is 10.1. The molecule has 0 spiro atoms. The minimum absolute atomic E-state index is 0.337. The maximum atomic E-state index is 11.5. The van der Waals surface area contributed by atoms with Crippen molar-refractivity contribution in [3.05, 3.63) is 29.8 Å². The molecular weight excluding hydrogens is 314 g/mol. The fourth-order valence-electron chi connectivity index (χ4n) is 2.62. The average Bonchev–Trinajstić information content (AvgIpc) is 3.00. The van der Waals surface area contributed by atoms with Gasteiger partial charge in [-0.2, -0.15) is 0 Å². The first-order valence-corrected chi connectivity index (χ1v) is 9.58. The SMILES string of the molecule is CN=C(NCc1ccc(S(C)(=O)=O)cc1)N(C)CC1CCOC1. The quantitative estimate of drug-likeness (QED) is 0.643. The van der Waals surface area contributed by atoms with Crippen molar-refractivity contribution >= 4 is 15.8 Å². The van der Waals surface area contributed by atoms with E-state index in [-0.39, 0.29) is 0 Å². The summed E-state index contributed by atoms with van der Waals surface area (Å²) in [4.78, 5) is 6.74. The number of aliphatic imine (C=N–C) groups is 1. The number of nitrogens with one attached hydrogen (secondary N) is 1. The molecule has 128 valence electrons. The van der Waals surface area contributed by atoms with Crippen LogP contribution in [0.25, 0.3) is 0 Å². The van der Waals surface area contributed by atoms with Gasteiger partial charge in [0.25, 0.3) is 0 Å². The van der Waals surface area contributed by atoms with E-state index < -0.39 is 9.84 Å². The van der Waals surface area contributed by atoms with E-state index in [0.29, 0.717) is 17.4 Å². The van der Waals surface area contributed by atoms with Gasteiger partial charge in [-0.25, -0.2) is 8.42 Å². The summed E-state index contributed by atoms with van der Waals surface area (Å²) >= 11 is 0. The highest BCUT2D eigenvalue weighted by Crippen LogP contribution is 2.13. The molecule has 0 saturated carbocycles. The van der Waals surface area contributed by atoms with Crippen LogP contribution in [0.5, 0.6) is 0 Å². The molecule has 1 N–H and O–H groups in total. The highest BCUT2D eigenvalue weighted by atomic mass is 32.2. The molecule has 1 aromatic rings. The Balaban J connectivity index is 1.89. The molecule has 0 aliphatic carbocycles. The fraction of sp³-hybridized carbons (Fsp3) is 0.562. The normalized spacial score (nSPS) is 18.9. The Morgan fingerprint density at radius 1 is 1.39 bits per heavy atom. The van der Waals surface area contributed by atoms with Gasteiger partial charge in [-0.3, -0.25) is 4.99 Å². The zero-order valence-corrected chi connectivity index (χ0v) is 14.8.